The molecule has 2 aromatic rings. The minimum absolute atomic E-state index is 0.206. The smallest absolute Gasteiger partial charge is 0.123 e. The van der Waals surface area contributed by atoms with Crippen LogP contribution in [-0.2, 0) is 6.54 Å². The number of nitrogens with one attached hydrogen (secondary N) is 1. The molecule has 1 aromatic carbocycles. The first-order valence-corrected chi connectivity index (χ1v) is 6.04. The van der Waals surface area contributed by atoms with E-state index in [1.807, 2.05) is 0 Å². The third-order valence-electron chi connectivity index (χ3n) is 2.79. The molecule has 4 heteroatoms. The van der Waals surface area contributed by atoms with Crippen LogP contribution in [0.5, 0.6) is 0 Å². The second kappa shape index (κ2) is 3.64. The van der Waals surface area contributed by atoms with Gasteiger partial charge in [-0.2, -0.15) is 0 Å². The summed E-state index contributed by atoms with van der Waals surface area (Å²) < 4.78 is 12.8. The lowest BCUT2D eigenvalue weighted by Gasteiger charge is -2.00. The van der Waals surface area contributed by atoms with E-state index in [0.717, 1.165) is 22.8 Å². The van der Waals surface area contributed by atoms with Crippen molar-refractivity contribution in [1.82, 2.24) is 10.3 Å². The van der Waals surface area contributed by atoms with Crippen LogP contribution in [0, 0.1) is 5.82 Å². The van der Waals surface area contributed by atoms with Crippen molar-refractivity contribution in [2.45, 2.75) is 19.5 Å². The Balaban J connectivity index is 2.02. The molecule has 0 aliphatic carbocycles. The van der Waals surface area contributed by atoms with E-state index in [9.17, 15) is 4.39 Å². The van der Waals surface area contributed by atoms with Crippen LogP contribution in [0.15, 0.2) is 24.3 Å². The van der Waals surface area contributed by atoms with Crippen molar-refractivity contribution >= 4 is 11.3 Å². The fourth-order valence-electron chi connectivity index (χ4n) is 1.89. The van der Waals surface area contributed by atoms with Crippen LogP contribution < -0.4 is 5.32 Å². The molecule has 0 fully saturated rings. The van der Waals surface area contributed by atoms with Gasteiger partial charge in [0.25, 0.3) is 0 Å². The molecule has 2 heterocycles. The van der Waals surface area contributed by atoms with E-state index in [1.54, 1.807) is 23.5 Å². The molecule has 0 spiro atoms. The van der Waals surface area contributed by atoms with Crippen LogP contribution >= 0.6 is 11.3 Å². The number of fused-ring (bicyclic) bond motifs is 1. The van der Waals surface area contributed by atoms with Gasteiger partial charge in [0.1, 0.15) is 10.8 Å². The van der Waals surface area contributed by atoms with Gasteiger partial charge in [0.05, 0.1) is 5.69 Å². The van der Waals surface area contributed by atoms with E-state index in [0.29, 0.717) is 6.04 Å². The van der Waals surface area contributed by atoms with E-state index >= 15 is 0 Å². The van der Waals surface area contributed by atoms with Crippen LogP contribution in [-0.4, -0.2) is 4.98 Å². The average molecular weight is 234 g/mol. The number of benzene rings is 1. The van der Waals surface area contributed by atoms with Crippen molar-refractivity contribution in [2.75, 3.05) is 0 Å². The highest BCUT2D eigenvalue weighted by molar-refractivity contribution is 7.15. The van der Waals surface area contributed by atoms with Crippen molar-refractivity contribution in [2.24, 2.45) is 0 Å². The third kappa shape index (κ3) is 1.54. The molecule has 0 bridgehead atoms. The fraction of sp³-hybridized carbons (Fsp3) is 0.250. The monoisotopic (exact) mass is 234 g/mol. The summed E-state index contributed by atoms with van der Waals surface area (Å²) in [6.45, 7) is 2.98. The Morgan fingerprint density at radius 2 is 2.12 bits per heavy atom. The van der Waals surface area contributed by atoms with E-state index < -0.39 is 0 Å². The van der Waals surface area contributed by atoms with Crippen LogP contribution in [0.3, 0.4) is 0 Å². The predicted octanol–water partition coefficient (Wildman–Crippen LogP) is 3.11. The lowest BCUT2D eigenvalue weighted by atomic mass is 10.2. The molecule has 0 saturated heterocycles. The average Bonchev–Trinajstić information content (AvgIpc) is 2.83. The molecule has 2 nitrogen and oxygen atoms in total. The minimum atomic E-state index is -0.206. The lowest BCUT2D eigenvalue weighted by molar-refractivity contribution is 0.628. The van der Waals surface area contributed by atoms with Crippen LogP contribution in [0.1, 0.15) is 23.5 Å². The highest BCUT2D eigenvalue weighted by atomic mass is 32.1. The van der Waals surface area contributed by atoms with Gasteiger partial charge in [0, 0.05) is 23.0 Å². The van der Waals surface area contributed by atoms with Crippen molar-refractivity contribution in [3.05, 3.63) is 40.7 Å². The maximum atomic E-state index is 12.8. The number of hydrogen-bond acceptors (Lipinski definition) is 3. The molecule has 3 rings (SSSR count). The summed E-state index contributed by atoms with van der Waals surface area (Å²) >= 11 is 1.69. The predicted molar refractivity (Wildman–Crippen MR) is 62.8 cm³/mol. The normalized spacial score (nSPS) is 18.8. The van der Waals surface area contributed by atoms with E-state index in [1.165, 1.54) is 17.0 Å². The Labute approximate surface area is 97.2 Å². The summed E-state index contributed by atoms with van der Waals surface area (Å²) in [6, 6.07) is 6.90. The quantitative estimate of drug-likeness (QED) is 0.820. The van der Waals surface area contributed by atoms with Gasteiger partial charge in [-0.1, -0.05) is 0 Å². The molecule has 1 N–H and O–H groups in total. The Morgan fingerprint density at radius 3 is 2.81 bits per heavy atom. The molecule has 16 heavy (non-hydrogen) atoms. The van der Waals surface area contributed by atoms with Crippen molar-refractivity contribution in [1.29, 1.82) is 0 Å². The first kappa shape index (κ1) is 9.93. The Bertz CT molecular complexity index is 518. The molecule has 1 atom stereocenters. The van der Waals surface area contributed by atoms with Gasteiger partial charge in [-0.15, -0.1) is 11.3 Å². The van der Waals surface area contributed by atoms with Gasteiger partial charge in [0.2, 0.25) is 0 Å². The van der Waals surface area contributed by atoms with E-state index in [-0.39, 0.29) is 5.82 Å². The first-order valence-electron chi connectivity index (χ1n) is 5.23. The standard InChI is InChI=1S/C12H11FN2S/c1-7-11-10(6-14-7)15-12(16-11)8-2-4-9(13)5-3-8/h2-5,7,14H,6H2,1H3. The van der Waals surface area contributed by atoms with Crippen molar-refractivity contribution in [3.8, 4) is 10.6 Å². The van der Waals surface area contributed by atoms with Gasteiger partial charge >= 0.3 is 0 Å². The summed E-state index contributed by atoms with van der Waals surface area (Å²) in [4.78, 5) is 5.88. The zero-order valence-electron chi connectivity index (χ0n) is 8.83. The molecular weight excluding hydrogens is 223 g/mol. The summed E-state index contributed by atoms with van der Waals surface area (Å²) in [6.07, 6.45) is 0. The van der Waals surface area contributed by atoms with Crippen LogP contribution in [0.25, 0.3) is 10.6 Å². The molecule has 1 unspecified atom stereocenters. The maximum Gasteiger partial charge on any atom is 0.123 e. The number of rotatable bonds is 1. The number of halogens is 1. The second-order valence-electron chi connectivity index (χ2n) is 3.94. The maximum absolute atomic E-state index is 12.8. The Hall–Kier alpha value is -1.26. The highest BCUT2D eigenvalue weighted by Gasteiger charge is 2.23. The molecule has 0 amide bonds. The first-order chi connectivity index (χ1) is 7.74. The van der Waals surface area contributed by atoms with Gasteiger partial charge in [0.15, 0.2) is 0 Å². The second-order valence-corrected chi connectivity index (χ2v) is 4.97. The van der Waals surface area contributed by atoms with Gasteiger partial charge in [-0.25, -0.2) is 9.37 Å². The number of hydrogen-bond donors (Lipinski definition) is 1. The van der Waals surface area contributed by atoms with Crippen LogP contribution in [0.4, 0.5) is 4.39 Å². The Morgan fingerprint density at radius 1 is 1.38 bits per heavy atom. The summed E-state index contributed by atoms with van der Waals surface area (Å²) in [5, 5.41) is 4.33. The molecule has 82 valence electrons. The molecule has 1 aromatic heterocycles. The topological polar surface area (TPSA) is 24.9 Å². The van der Waals surface area contributed by atoms with Gasteiger partial charge < -0.3 is 5.32 Å². The minimum Gasteiger partial charge on any atom is -0.304 e. The highest BCUT2D eigenvalue weighted by Crippen LogP contribution is 2.35. The number of aromatic nitrogens is 1. The van der Waals surface area contributed by atoms with Gasteiger partial charge in [-0.05, 0) is 31.2 Å². The van der Waals surface area contributed by atoms with Crippen LogP contribution in [0.2, 0.25) is 0 Å². The lowest BCUT2D eigenvalue weighted by Crippen LogP contribution is -2.07. The molecule has 1 aliphatic rings. The summed E-state index contributed by atoms with van der Waals surface area (Å²) in [5.74, 6) is -0.206. The Kier molecular flexibility index (Phi) is 2.26. The molecule has 1 aliphatic heterocycles. The zero-order chi connectivity index (χ0) is 11.1. The van der Waals surface area contributed by atoms with Crippen molar-refractivity contribution in [3.63, 3.8) is 0 Å². The zero-order valence-corrected chi connectivity index (χ0v) is 9.64. The van der Waals surface area contributed by atoms with E-state index in [2.05, 4.69) is 17.2 Å². The largest absolute Gasteiger partial charge is 0.304 e. The fourth-order valence-corrected chi connectivity index (χ4v) is 3.00. The van der Waals surface area contributed by atoms with Gasteiger partial charge in [-0.3, -0.25) is 0 Å². The third-order valence-corrected chi connectivity index (χ3v) is 4.12. The number of nitrogens with zero attached hydrogens (tertiary/aromatic N) is 1. The van der Waals surface area contributed by atoms with E-state index in [4.69, 9.17) is 0 Å². The molecule has 0 saturated carbocycles. The summed E-state index contributed by atoms with van der Waals surface area (Å²) in [7, 11) is 0. The summed E-state index contributed by atoms with van der Waals surface area (Å²) in [5.41, 5.74) is 2.13. The number of thiazole rings is 1. The molecular formula is C12H11FN2S. The SMILES string of the molecule is CC1NCc2nc(-c3ccc(F)cc3)sc21. The van der Waals surface area contributed by atoms with Crippen molar-refractivity contribution < 1.29 is 4.39 Å². The molecule has 0 radical (unpaired) electrons.